The van der Waals surface area contributed by atoms with Crippen molar-refractivity contribution in [2.75, 3.05) is 31.5 Å². The molecule has 214 valence electrons. The number of H-pyrrole nitrogens is 1. The van der Waals surface area contributed by atoms with Gasteiger partial charge in [0.25, 0.3) is 5.91 Å². The second-order valence-electron chi connectivity index (χ2n) is 9.88. The highest BCUT2D eigenvalue weighted by atomic mass is 19.3. The van der Waals surface area contributed by atoms with Crippen LogP contribution >= 0.6 is 0 Å². The fraction of sp³-hybridized carbons (Fsp3) is 0.250. The lowest BCUT2D eigenvalue weighted by Gasteiger charge is -2.38. The van der Waals surface area contributed by atoms with Gasteiger partial charge in [0.2, 0.25) is 17.8 Å². The molecule has 0 radical (unpaired) electrons. The molecule has 2 N–H and O–H groups in total. The number of carbonyl (C=O) groups is 2. The number of fused-ring (bicyclic) bond motifs is 1. The van der Waals surface area contributed by atoms with Crippen LogP contribution in [-0.2, 0) is 4.79 Å². The van der Waals surface area contributed by atoms with Gasteiger partial charge in [0.05, 0.1) is 11.4 Å². The lowest BCUT2D eigenvalue weighted by Crippen LogP contribution is -2.50. The molecule has 0 spiro atoms. The Morgan fingerprint density at radius 1 is 1.02 bits per heavy atom. The molecule has 3 aromatic heterocycles. The maximum Gasteiger partial charge on any atom is 0.350 e. The Balaban J connectivity index is 1.18. The molecule has 1 aliphatic heterocycles. The van der Waals surface area contributed by atoms with Crippen LogP contribution in [0.5, 0.6) is 0 Å². The molecule has 0 unspecified atom stereocenters. The van der Waals surface area contributed by atoms with Crippen LogP contribution in [0.4, 0.5) is 14.5 Å². The van der Waals surface area contributed by atoms with E-state index in [9.17, 15) is 18.4 Å². The maximum absolute atomic E-state index is 13.5. The summed E-state index contributed by atoms with van der Waals surface area (Å²) in [5.74, 6) is -0.183. The van der Waals surface area contributed by atoms with E-state index in [1.807, 2.05) is 54.7 Å². The third-order valence-electron chi connectivity index (χ3n) is 7.07. The lowest BCUT2D eigenvalue weighted by molar-refractivity contribution is -0.653. The van der Waals surface area contributed by atoms with Crippen molar-refractivity contribution in [1.29, 1.82) is 0 Å². The fourth-order valence-corrected chi connectivity index (χ4v) is 5.11. The van der Waals surface area contributed by atoms with Gasteiger partial charge in [-0.25, -0.2) is 0 Å². The van der Waals surface area contributed by atoms with Gasteiger partial charge < -0.3 is 10.2 Å². The number of aromatic nitrogens is 7. The van der Waals surface area contributed by atoms with Gasteiger partial charge >= 0.3 is 6.55 Å². The van der Waals surface area contributed by atoms with Crippen LogP contribution in [0.25, 0.3) is 16.6 Å². The maximum atomic E-state index is 13.5. The summed E-state index contributed by atoms with van der Waals surface area (Å²) in [4.78, 5) is 33.3. The monoisotopic (exact) mass is 573 g/mol. The van der Waals surface area contributed by atoms with E-state index in [0.29, 0.717) is 42.4 Å². The predicted molar refractivity (Wildman–Crippen MR) is 147 cm³/mol. The molecule has 2 aromatic carbocycles. The molecule has 12 nitrogen and oxygen atoms in total. The van der Waals surface area contributed by atoms with Crippen molar-refractivity contribution in [3.8, 4) is 5.69 Å². The first-order valence-corrected chi connectivity index (χ1v) is 13.3. The number of piperazine rings is 1. The Labute approximate surface area is 238 Å². The summed E-state index contributed by atoms with van der Waals surface area (Å²) in [6.07, 6.45) is 3.47. The number of hydrogen-bond donors (Lipinski definition) is 2. The molecule has 0 bridgehead atoms. The second kappa shape index (κ2) is 11.4. The summed E-state index contributed by atoms with van der Waals surface area (Å²) < 4.78 is 28.1. The van der Waals surface area contributed by atoms with Crippen LogP contribution in [0.3, 0.4) is 0 Å². The summed E-state index contributed by atoms with van der Waals surface area (Å²) in [5, 5.41) is 18.3. The Hall–Kier alpha value is -5.11. The Bertz CT molecular complexity index is 1730. The van der Waals surface area contributed by atoms with Gasteiger partial charge in [-0.3, -0.25) is 19.5 Å². The number of nitrogens with zero attached hydrogens (tertiary/aromatic N) is 8. The Kier molecular flexibility index (Phi) is 7.35. The molecular formula is C28H27F2N10O2+. The van der Waals surface area contributed by atoms with Crippen LogP contribution in [0.2, 0.25) is 0 Å². The molecule has 5 aromatic rings. The minimum absolute atomic E-state index is 0.150. The van der Waals surface area contributed by atoms with Gasteiger partial charge in [0.1, 0.15) is 11.2 Å². The molecule has 1 atom stereocenters. The van der Waals surface area contributed by atoms with Gasteiger partial charge in [0.15, 0.2) is 5.82 Å². The second-order valence-corrected chi connectivity index (χ2v) is 9.88. The summed E-state index contributed by atoms with van der Waals surface area (Å²) in [6, 6.07) is 18.0. The van der Waals surface area contributed by atoms with Gasteiger partial charge in [-0.2, -0.15) is 13.9 Å². The first-order chi connectivity index (χ1) is 20.4. The van der Waals surface area contributed by atoms with E-state index in [0.717, 1.165) is 22.2 Å². The number of benzene rings is 2. The Morgan fingerprint density at radius 2 is 1.81 bits per heavy atom. The van der Waals surface area contributed by atoms with Gasteiger partial charge in [-0.1, -0.05) is 39.8 Å². The summed E-state index contributed by atoms with van der Waals surface area (Å²) in [5.41, 5.74) is 3.42. The SMILES string of the molecule is CC(=O)Nc1ccc2[nH][n+](-c3ccnc(C(=O)N4CCN([C@@H](c5ccccc5)c5nnn(C(F)F)n5)CC4)c3)cc2c1. The number of hydrogen-bond acceptors (Lipinski definition) is 7. The third-order valence-corrected chi connectivity index (χ3v) is 7.07. The number of carbonyl (C=O) groups excluding carboxylic acids is 2. The predicted octanol–water partition coefficient (Wildman–Crippen LogP) is 2.73. The molecule has 2 amide bonds. The van der Waals surface area contributed by atoms with E-state index >= 15 is 0 Å². The van der Waals surface area contributed by atoms with Crippen molar-refractivity contribution in [1.82, 2.24) is 40.1 Å². The molecule has 4 heterocycles. The largest absolute Gasteiger partial charge is 0.350 e. The average Bonchev–Trinajstić information content (AvgIpc) is 3.66. The van der Waals surface area contributed by atoms with Crippen molar-refractivity contribution >= 4 is 28.4 Å². The van der Waals surface area contributed by atoms with Crippen molar-refractivity contribution in [3.63, 3.8) is 0 Å². The minimum Gasteiger partial charge on any atom is -0.335 e. The number of nitrogens with one attached hydrogen (secondary N) is 2. The first kappa shape index (κ1) is 27.1. The molecule has 0 aliphatic carbocycles. The van der Waals surface area contributed by atoms with E-state index in [1.165, 1.54) is 6.92 Å². The zero-order valence-electron chi connectivity index (χ0n) is 22.6. The minimum atomic E-state index is -2.89. The highest BCUT2D eigenvalue weighted by Gasteiger charge is 2.32. The number of pyridine rings is 1. The molecule has 1 aliphatic rings. The highest BCUT2D eigenvalue weighted by molar-refractivity contribution is 5.93. The quantitative estimate of drug-likeness (QED) is 0.287. The Morgan fingerprint density at radius 3 is 2.52 bits per heavy atom. The normalized spacial score (nSPS) is 14.8. The molecule has 42 heavy (non-hydrogen) atoms. The number of amides is 2. The molecule has 1 saturated heterocycles. The number of halogens is 2. The lowest BCUT2D eigenvalue weighted by atomic mass is 10.0. The topological polar surface area (TPSA) is 129 Å². The molecule has 1 fully saturated rings. The standard InChI is InChI=1S/C28H26F2N10O2/c1-18(41)32-21-7-8-23-20(15-21)17-39(34-23)22-9-10-31-24(16-22)27(42)38-13-11-37(12-14-38)25(19-5-3-2-4-6-19)26-33-36-40(35-26)28(29)30/h2-10,15-17,25,28H,11-14H2,1H3,(H,32,41)/p+1/t25-/m0/s1. The van der Waals surface area contributed by atoms with E-state index in [2.05, 4.69) is 35.7 Å². The van der Waals surface area contributed by atoms with Crippen molar-refractivity contribution in [2.24, 2.45) is 0 Å². The van der Waals surface area contributed by atoms with Crippen molar-refractivity contribution in [2.45, 2.75) is 19.5 Å². The summed E-state index contributed by atoms with van der Waals surface area (Å²) in [7, 11) is 0. The molecular weight excluding hydrogens is 546 g/mol. The van der Waals surface area contributed by atoms with Crippen LogP contribution in [-0.4, -0.2) is 78.1 Å². The van der Waals surface area contributed by atoms with Crippen molar-refractivity contribution in [3.05, 3.63) is 90.1 Å². The van der Waals surface area contributed by atoms with E-state index in [4.69, 9.17) is 0 Å². The van der Waals surface area contributed by atoms with Crippen LogP contribution in [0.15, 0.2) is 73.1 Å². The first-order valence-electron chi connectivity index (χ1n) is 13.3. The van der Waals surface area contributed by atoms with Gasteiger partial charge in [0, 0.05) is 57.1 Å². The number of anilines is 1. The smallest absolute Gasteiger partial charge is 0.335 e. The summed E-state index contributed by atoms with van der Waals surface area (Å²) in [6.45, 7) is 0.330. The molecule has 6 rings (SSSR count). The zero-order valence-corrected chi connectivity index (χ0v) is 22.6. The van der Waals surface area contributed by atoms with Crippen molar-refractivity contribution < 1.29 is 23.1 Å². The summed E-state index contributed by atoms with van der Waals surface area (Å²) >= 11 is 0. The van der Waals surface area contributed by atoms with E-state index in [-0.39, 0.29) is 17.6 Å². The van der Waals surface area contributed by atoms with Crippen LogP contribution in [0.1, 0.15) is 41.4 Å². The average molecular weight is 574 g/mol. The highest BCUT2D eigenvalue weighted by Crippen LogP contribution is 2.28. The fourth-order valence-electron chi connectivity index (χ4n) is 5.11. The number of alkyl halides is 2. The third kappa shape index (κ3) is 5.56. The number of aromatic amines is 1. The molecule has 14 heteroatoms. The number of tetrazole rings is 1. The molecule has 0 saturated carbocycles. The van der Waals surface area contributed by atoms with E-state index in [1.54, 1.807) is 27.9 Å². The van der Waals surface area contributed by atoms with Gasteiger partial charge in [-0.15, -0.1) is 10.2 Å². The van der Waals surface area contributed by atoms with Crippen LogP contribution in [0, 0.1) is 0 Å². The zero-order chi connectivity index (χ0) is 29.2. The number of rotatable bonds is 7. The van der Waals surface area contributed by atoms with Crippen LogP contribution < -0.4 is 10.00 Å². The van der Waals surface area contributed by atoms with E-state index < -0.39 is 12.6 Å². The van der Waals surface area contributed by atoms with Gasteiger partial charge in [-0.05, 0) is 29.0 Å².